The van der Waals surface area contributed by atoms with Gasteiger partial charge in [-0.25, -0.2) is 4.98 Å². The monoisotopic (exact) mass is 277 g/mol. The van der Waals surface area contributed by atoms with Gasteiger partial charge in [-0.15, -0.1) is 0 Å². The van der Waals surface area contributed by atoms with E-state index in [4.69, 9.17) is 10.8 Å². The normalized spacial score (nSPS) is 10.6. The summed E-state index contributed by atoms with van der Waals surface area (Å²) in [5, 5.41) is 9.90. The number of carbonyl (C=O) groups excluding carboxylic acids is 1. The molecule has 0 saturated heterocycles. The Bertz CT molecular complexity index is 595. The van der Waals surface area contributed by atoms with Crippen LogP contribution in [0, 0.1) is 0 Å². The number of benzene rings is 1. The van der Waals surface area contributed by atoms with Crippen LogP contribution in [0.25, 0.3) is 0 Å². The lowest BCUT2D eigenvalue weighted by atomic mass is 10.1. The summed E-state index contributed by atoms with van der Waals surface area (Å²) >= 11 is 1.50. The molecule has 6 heteroatoms. The lowest BCUT2D eigenvalue weighted by molar-refractivity contribution is 0.0999. The van der Waals surface area contributed by atoms with Crippen molar-refractivity contribution in [3.63, 3.8) is 0 Å². The average Bonchev–Trinajstić information content (AvgIpc) is 2.77. The number of imidazole rings is 1. The third-order valence-electron chi connectivity index (χ3n) is 2.84. The van der Waals surface area contributed by atoms with Gasteiger partial charge in [0, 0.05) is 18.4 Å². The second-order valence-corrected chi connectivity index (χ2v) is 5.00. The molecule has 2 rings (SSSR count). The van der Waals surface area contributed by atoms with E-state index in [1.807, 2.05) is 23.7 Å². The van der Waals surface area contributed by atoms with Crippen LogP contribution in [0.15, 0.2) is 35.6 Å². The van der Waals surface area contributed by atoms with Gasteiger partial charge in [-0.2, -0.15) is 0 Å². The third kappa shape index (κ3) is 2.97. The van der Waals surface area contributed by atoms with Crippen molar-refractivity contribution in [2.75, 3.05) is 0 Å². The summed E-state index contributed by atoms with van der Waals surface area (Å²) in [5.41, 5.74) is 7.51. The molecule has 5 nitrogen and oxygen atoms in total. The maximum absolute atomic E-state index is 11.3. The smallest absolute Gasteiger partial charge is 0.249 e. The van der Waals surface area contributed by atoms with Gasteiger partial charge in [0.05, 0.1) is 18.5 Å². The van der Waals surface area contributed by atoms with Crippen molar-refractivity contribution in [3.05, 3.63) is 47.3 Å². The van der Waals surface area contributed by atoms with Crippen LogP contribution < -0.4 is 5.73 Å². The topological polar surface area (TPSA) is 81.1 Å². The van der Waals surface area contributed by atoms with Gasteiger partial charge < -0.3 is 15.4 Å². The summed E-state index contributed by atoms with van der Waals surface area (Å²) in [7, 11) is 1.85. The first-order valence-electron chi connectivity index (χ1n) is 5.75. The minimum Gasteiger partial charge on any atom is -0.390 e. The Balaban J connectivity index is 2.14. The first-order chi connectivity index (χ1) is 9.13. The predicted octanol–water partition coefficient (Wildman–Crippen LogP) is 1.30. The molecule has 1 amide bonds. The zero-order valence-corrected chi connectivity index (χ0v) is 11.4. The minimum atomic E-state index is -0.424. The van der Waals surface area contributed by atoms with Gasteiger partial charge in [0.25, 0.3) is 0 Å². The molecule has 0 aliphatic carbocycles. The van der Waals surface area contributed by atoms with Crippen LogP contribution in [0.5, 0.6) is 0 Å². The molecule has 1 heterocycles. The fraction of sp³-hybridized carbons (Fsp3) is 0.231. The molecule has 3 N–H and O–H groups in total. The average molecular weight is 277 g/mol. The molecule has 0 unspecified atom stereocenters. The first kappa shape index (κ1) is 13.6. The predicted molar refractivity (Wildman–Crippen MR) is 73.7 cm³/mol. The number of amides is 1. The van der Waals surface area contributed by atoms with E-state index in [-0.39, 0.29) is 6.61 Å². The molecule has 0 atom stereocenters. The Morgan fingerprint density at radius 2 is 2.21 bits per heavy atom. The van der Waals surface area contributed by atoms with Gasteiger partial charge in [-0.1, -0.05) is 30.0 Å². The molecule has 19 heavy (non-hydrogen) atoms. The van der Waals surface area contributed by atoms with Gasteiger partial charge in [0.15, 0.2) is 5.16 Å². The second-order valence-electron chi connectivity index (χ2n) is 4.06. The number of rotatable bonds is 5. The fourth-order valence-corrected chi connectivity index (χ4v) is 2.71. The number of nitrogens with zero attached hydrogens (tertiary/aromatic N) is 2. The quantitative estimate of drug-likeness (QED) is 0.807. The number of primary amides is 1. The Morgan fingerprint density at radius 1 is 1.47 bits per heavy atom. The fourth-order valence-electron chi connectivity index (χ4n) is 1.74. The second kappa shape index (κ2) is 5.90. The van der Waals surface area contributed by atoms with Gasteiger partial charge >= 0.3 is 0 Å². The van der Waals surface area contributed by atoms with Crippen molar-refractivity contribution in [3.8, 4) is 0 Å². The molecule has 0 saturated carbocycles. The van der Waals surface area contributed by atoms with E-state index in [9.17, 15) is 4.79 Å². The largest absolute Gasteiger partial charge is 0.390 e. The highest BCUT2D eigenvalue weighted by molar-refractivity contribution is 7.98. The number of thioether (sulfide) groups is 1. The number of nitrogens with two attached hydrogens (primary N) is 1. The number of hydrogen-bond donors (Lipinski definition) is 2. The molecule has 1 aromatic carbocycles. The SMILES string of the molecule is Cn1c(CO)cnc1SCc1ccccc1C(N)=O. The molecule has 2 aromatic rings. The molecule has 1 aromatic heterocycles. The molecule has 0 aliphatic rings. The molecular formula is C13H15N3O2S. The first-order valence-corrected chi connectivity index (χ1v) is 6.74. The van der Waals surface area contributed by atoms with Crippen LogP contribution in [-0.4, -0.2) is 20.6 Å². The standard InChI is InChI=1S/C13H15N3O2S/c1-16-10(7-17)6-15-13(16)19-8-9-4-2-3-5-11(9)12(14)18/h2-6,17H,7-8H2,1H3,(H2,14,18). The number of aliphatic hydroxyl groups excluding tert-OH is 1. The van der Waals surface area contributed by atoms with E-state index in [1.54, 1.807) is 18.3 Å². The summed E-state index contributed by atoms with van der Waals surface area (Å²) in [6.07, 6.45) is 1.64. The van der Waals surface area contributed by atoms with Gasteiger partial charge in [-0.3, -0.25) is 4.79 Å². The Labute approximate surface area is 115 Å². The van der Waals surface area contributed by atoms with Gasteiger partial charge in [-0.05, 0) is 11.6 Å². The number of aliphatic hydroxyl groups is 1. The molecule has 0 bridgehead atoms. The summed E-state index contributed by atoms with van der Waals surface area (Å²) in [6, 6.07) is 7.26. The number of hydrogen-bond acceptors (Lipinski definition) is 4. The van der Waals surface area contributed by atoms with Crippen LogP contribution in [0.1, 0.15) is 21.6 Å². The molecule has 100 valence electrons. The van der Waals surface area contributed by atoms with Crippen molar-refractivity contribution in [1.29, 1.82) is 0 Å². The van der Waals surface area contributed by atoms with Crippen LogP contribution in [0.3, 0.4) is 0 Å². The zero-order valence-electron chi connectivity index (χ0n) is 10.5. The van der Waals surface area contributed by atoms with E-state index in [0.29, 0.717) is 11.3 Å². The maximum atomic E-state index is 11.3. The Kier molecular flexibility index (Phi) is 4.24. The Hall–Kier alpha value is -1.79. The summed E-state index contributed by atoms with van der Waals surface area (Å²) in [4.78, 5) is 15.5. The lowest BCUT2D eigenvalue weighted by Gasteiger charge is -2.07. The van der Waals surface area contributed by atoms with E-state index < -0.39 is 5.91 Å². The van der Waals surface area contributed by atoms with Crippen molar-refractivity contribution in [2.24, 2.45) is 12.8 Å². The van der Waals surface area contributed by atoms with E-state index in [2.05, 4.69) is 4.98 Å². The Morgan fingerprint density at radius 3 is 2.84 bits per heavy atom. The molecule has 0 spiro atoms. The molecule has 0 aliphatic heterocycles. The van der Waals surface area contributed by atoms with Gasteiger partial charge in [0.1, 0.15) is 0 Å². The van der Waals surface area contributed by atoms with Crippen LogP contribution >= 0.6 is 11.8 Å². The lowest BCUT2D eigenvalue weighted by Crippen LogP contribution is -2.13. The third-order valence-corrected chi connectivity index (χ3v) is 3.94. The number of carbonyl (C=O) groups is 1. The summed E-state index contributed by atoms with van der Waals surface area (Å²) in [6.45, 7) is -0.0397. The summed E-state index contributed by atoms with van der Waals surface area (Å²) in [5.74, 6) is 0.182. The molecular weight excluding hydrogens is 262 g/mol. The van der Waals surface area contributed by atoms with Crippen molar-refractivity contribution >= 4 is 17.7 Å². The molecule has 0 radical (unpaired) electrons. The van der Waals surface area contributed by atoms with Crippen molar-refractivity contribution in [2.45, 2.75) is 17.5 Å². The minimum absolute atomic E-state index is 0.0397. The van der Waals surface area contributed by atoms with Crippen LogP contribution in [0.2, 0.25) is 0 Å². The highest BCUT2D eigenvalue weighted by Crippen LogP contribution is 2.23. The zero-order chi connectivity index (χ0) is 13.8. The van der Waals surface area contributed by atoms with Crippen molar-refractivity contribution in [1.82, 2.24) is 9.55 Å². The maximum Gasteiger partial charge on any atom is 0.249 e. The molecule has 0 fully saturated rings. The van der Waals surface area contributed by atoms with Gasteiger partial charge in [0.2, 0.25) is 5.91 Å². The van der Waals surface area contributed by atoms with Crippen molar-refractivity contribution < 1.29 is 9.90 Å². The highest BCUT2D eigenvalue weighted by Gasteiger charge is 2.10. The summed E-state index contributed by atoms with van der Waals surface area (Å²) < 4.78 is 1.83. The van der Waals surface area contributed by atoms with E-state index in [1.165, 1.54) is 11.8 Å². The highest BCUT2D eigenvalue weighted by atomic mass is 32.2. The van der Waals surface area contributed by atoms with E-state index >= 15 is 0 Å². The van der Waals surface area contributed by atoms with Crippen LogP contribution in [-0.2, 0) is 19.4 Å². The van der Waals surface area contributed by atoms with E-state index in [0.717, 1.165) is 16.4 Å². The number of aromatic nitrogens is 2. The van der Waals surface area contributed by atoms with Crippen LogP contribution in [0.4, 0.5) is 0 Å².